The third kappa shape index (κ3) is 4.48. The first-order valence-corrected chi connectivity index (χ1v) is 9.30. The smallest absolute Gasteiger partial charge is 0.248 e. The molecule has 2 amide bonds. The predicted molar refractivity (Wildman–Crippen MR) is 107 cm³/mol. The van der Waals surface area contributed by atoms with Crippen LogP contribution in [-0.4, -0.2) is 31.4 Å². The summed E-state index contributed by atoms with van der Waals surface area (Å²) in [5.74, 6) is -0.275. The van der Waals surface area contributed by atoms with Gasteiger partial charge in [-0.25, -0.2) is 0 Å². The number of carbonyl (C=O) groups is 2. The first-order chi connectivity index (χ1) is 12.1. The molecule has 0 radical (unpaired) electrons. The molecule has 2 fully saturated rings. The minimum atomic E-state index is -0.485. The summed E-state index contributed by atoms with van der Waals surface area (Å²) in [6.45, 7) is 2.47. The van der Waals surface area contributed by atoms with Crippen LogP contribution in [0.5, 0.6) is 0 Å². The second-order valence-electron chi connectivity index (χ2n) is 7.17. The van der Waals surface area contributed by atoms with Crippen LogP contribution in [0.4, 0.5) is 11.4 Å². The van der Waals surface area contributed by atoms with E-state index in [1.807, 2.05) is 6.07 Å². The number of nitrogens with two attached hydrogens (primary N) is 2. The highest BCUT2D eigenvalue weighted by molar-refractivity contribution is 6.00. The van der Waals surface area contributed by atoms with Crippen LogP contribution in [0.3, 0.4) is 0 Å². The molecule has 144 valence electrons. The Kier molecular flexibility index (Phi) is 7.29. The molecule has 2 atom stereocenters. The Labute approximate surface area is 161 Å². The van der Waals surface area contributed by atoms with Crippen molar-refractivity contribution in [2.24, 2.45) is 23.3 Å². The summed E-state index contributed by atoms with van der Waals surface area (Å²) in [6, 6.07) is 5.34. The quantitative estimate of drug-likeness (QED) is 0.730. The van der Waals surface area contributed by atoms with Gasteiger partial charge in [-0.15, -0.1) is 12.4 Å². The maximum atomic E-state index is 12.8. The molecule has 26 heavy (non-hydrogen) atoms. The molecular weight excluding hydrogens is 352 g/mol. The number of anilines is 2. The Morgan fingerprint density at radius 3 is 2.50 bits per heavy atom. The second kappa shape index (κ2) is 9.24. The van der Waals surface area contributed by atoms with Gasteiger partial charge in [0.25, 0.3) is 0 Å². The van der Waals surface area contributed by atoms with Crippen molar-refractivity contribution in [3.05, 3.63) is 23.8 Å². The third-order valence-corrected chi connectivity index (χ3v) is 5.53. The number of carbonyl (C=O) groups excluding carboxylic acids is 2. The number of hydrogen-bond donors (Lipinski definition) is 3. The largest absolute Gasteiger partial charge is 0.370 e. The number of halogens is 1. The summed E-state index contributed by atoms with van der Waals surface area (Å²) in [7, 11) is 0. The minimum absolute atomic E-state index is 0. The number of nitrogens with zero attached hydrogens (tertiary/aromatic N) is 1. The average Bonchev–Trinajstić information content (AvgIpc) is 3.11. The van der Waals surface area contributed by atoms with Crippen molar-refractivity contribution in [1.29, 1.82) is 0 Å². The molecule has 1 saturated heterocycles. The second-order valence-corrected chi connectivity index (χ2v) is 7.17. The van der Waals surface area contributed by atoms with Crippen molar-refractivity contribution in [2.45, 2.75) is 38.5 Å². The van der Waals surface area contributed by atoms with E-state index in [1.165, 1.54) is 6.42 Å². The number of nitrogens with one attached hydrogen (secondary N) is 1. The van der Waals surface area contributed by atoms with Crippen LogP contribution in [0.15, 0.2) is 18.2 Å². The molecule has 1 saturated carbocycles. The van der Waals surface area contributed by atoms with Gasteiger partial charge in [0.1, 0.15) is 0 Å². The average molecular weight is 381 g/mol. The minimum Gasteiger partial charge on any atom is -0.370 e. The Morgan fingerprint density at radius 2 is 1.85 bits per heavy atom. The zero-order valence-electron chi connectivity index (χ0n) is 15.1. The number of benzene rings is 1. The topological polar surface area (TPSA) is 101 Å². The fraction of sp³-hybridized carbons (Fsp3) is 0.579. The lowest BCUT2D eigenvalue weighted by Crippen LogP contribution is -2.33. The van der Waals surface area contributed by atoms with E-state index in [1.54, 1.807) is 12.1 Å². The van der Waals surface area contributed by atoms with E-state index in [0.717, 1.165) is 50.9 Å². The monoisotopic (exact) mass is 380 g/mol. The predicted octanol–water partition coefficient (Wildman–Crippen LogP) is 2.51. The lowest BCUT2D eigenvalue weighted by Gasteiger charge is -2.31. The van der Waals surface area contributed by atoms with E-state index >= 15 is 0 Å². The molecule has 3 rings (SSSR count). The van der Waals surface area contributed by atoms with Crippen LogP contribution < -0.4 is 21.7 Å². The van der Waals surface area contributed by atoms with Gasteiger partial charge in [0, 0.05) is 24.6 Å². The summed E-state index contributed by atoms with van der Waals surface area (Å²) in [4.78, 5) is 26.6. The van der Waals surface area contributed by atoms with Crippen molar-refractivity contribution >= 4 is 35.6 Å². The molecule has 2 aliphatic rings. The van der Waals surface area contributed by atoms with Crippen molar-refractivity contribution in [3.8, 4) is 0 Å². The van der Waals surface area contributed by atoms with Crippen LogP contribution in [0.2, 0.25) is 0 Å². The van der Waals surface area contributed by atoms with Gasteiger partial charge in [-0.1, -0.05) is 6.42 Å². The molecule has 0 unspecified atom stereocenters. The molecule has 6 nitrogen and oxygen atoms in total. The first kappa shape index (κ1) is 20.5. The number of primary amides is 1. The highest BCUT2D eigenvalue weighted by Gasteiger charge is 2.32. The van der Waals surface area contributed by atoms with Crippen molar-refractivity contribution < 1.29 is 9.59 Å². The van der Waals surface area contributed by atoms with E-state index in [2.05, 4.69) is 10.2 Å². The first-order valence-electron chi connectivity index (χ1n) is 9.30. The van der Waals surface area contributed by atoms with Gasteiger partial charge in [-0.2, -0.15) is 0 Å². The summed E-state index contributed by atoms with van der Waals surface area (Å²) in [5.41, 5.74) is 13.3. The van der Waals surface area contributed by atoms with Gasteiger partial charge in [-0.3, -0.25) is 9.59 Å². The zero-order valence-corrected chi connectivity index (χ0v) is 15.9. The lowest BCUT2D eigenvalue weighted by molar-refractivity contribution is -0.120. The third-order valence-electron chi connectivity index (χ3n) is 5.53. The van der Waals surface area contributed by atoms with E-state index in [0.29, 0.717) is 17.8 Å². The zero-order chi connectivity index (χ0) is 17.8. The van der Waals surface area contributed by atoms with Gasteiger partial charge in [0.15, 0.2) is 0 Å². The van der Waals surface area contributed by atoms with Crippen LogP contribution >= 0.6 is 12.4 Å². The molecule has 1 aliphatic heterocycles. The summed E-state index contributed by atoms with van der Waals surface area (Å²) in [5, 5.41) is 3.07. The SMILES string of the molecule is Cl.NC[C@H]1CCC[C@H]1C(=O)Nc1cc(C(N)=O)ccc1N1CCCCC1. The Morgan fingerprint density at radius 1 is 1.12 bits per heavy atom. The van der Waals surface area contributed by atoms with E-state index in [9.17, 15) is 9.59 Å². The molecule has 1 aliphatic carbocycles. The lowest BCUT2D eigenvalue weighted by atomic mass is 9.95. The van der Waals surface area contributed by atoms with Crippen molar-refractivity contribution in [3.63, 3.8) is 0 Å². The summed E-state index contributed by atoms with van der Waals surface area (Å²) >= 11 is 0. The Bertz CT molecular complexity index is 646. The van der Waals surface area contributed by atoms with Crippen LogP contribution in [0, 0.1) is 11.8 Å². The molecule has 5 N–H and O–H groups in total. The normalized spacial score (nSPS) is 22.6. The van der Waals surface area contributed by atoms with Gasteiger partial charge in [-0.05, 0) is 62.8 Å². The number of hydrogen-bond acceptors (Lipinski definition) is 4. The maximum absolute atomic E-state index is 12.8. The molecule has 7 heteroatoms. The van der Waals surface area contributed by atoms with Crippen LogP contribution in [-0.2, 0) is 4.79 Å². The Balaban J connectivity index is 0.00000243. The molecule has 0 spiro atoms. The molecule has 0 aromatic heterocycles. The van der Waals surface area contributed by atoms with E-state index in [-0.39, 0.29) is 30.2 Å². The Hall–Kier alpha value is -1.79. The molecular formula is C19H29ClN4O2. The van der Waals surface area contributed by atoms with Gasteiger partial charge >= 0.3 is 0 Å². The van der Waals surface area contributed by atoms with Crippen LogP contribution in [0.1, 0.15) is 48.9 Å². The molecule has 1 aromatic rings. The molecule has 0 bridgehead atoms. The summed E-state index contributed by atoms with van der Waals surface area (Å²) < 4.78 is 0. The van der Waals surface area contributed by atoms with Gasteiger partial charge in [0.05, 0.1) is 11.4 Å². The van der Waals surface area contributed by atoms with Gasteiger partial charge in [0.2, 0.25) is 11.8 Å². The number of amides is 2. The standard InChI is InChI=1S/C19H28N4O2.ClH/c20-12-14-5-4-6-15(14)19(25)22-16-11-13(18(21)24)7-8-17(16)23-9-2-1-3-10-23;/h7-8,11,14-15H,1-6,9-10,12,20H2,(H2,21,24)(H,22,25);1H/t14-,15-;/m1./s1. The fourth-order valence-electron chi connectivity index (χ4n) is 4.09. The van der Waals surface area contributed by atoms with Gasteiger partial charge < -0.3 is 21.7 Å². The van der Waals surface area contributed by atoms with Crippen molar-refractivity contribution in [1.82, 2.24) is 0 Å². The van der Waals surface area contributed by atoms with Crippen molar-refractivity contribution in [2.75, 3.05) is 29.9 Å². The summed E-state index contributed by atoms with van der Waals surface area (Å²) in [6.07, 6.45) is 6.45. The fourth-order valence-corrected chi connectivity index (χ4v) is 4.09. The molecule has 1 heterocycles. The maximum Gasteiger partial charge on any atom is 0.248 e. The highest BCUT2D eigenvalue weighted by Crippen LogP contribution is 2.34. The van der Waals surface area contributed by atoms with Crippen LogP contribution in [0.25, 0.3) is 0 Å². The highest BCUT2D eigenvalue weighted by atomic mass is 35.5. The van der Waals surface area contributed by atoms with E-state index < -0.39 is 5.91 Å². The number of rotatable bonds is 5. The van der Waals surface area contributed by atoms with E-state index in [4.69, 9.17) is 11.5 Å². The molecule has 1 aromatic carbocycles. The number of piperidine rings is 1.